The maximum absolute atomic E-state index is 2.60. The molecule has 1 nitrogen and oxygen atoms in total. The molecule has 0 amide bonds. The van der Waals surface area contributed by atoms with Crippen LogP contribution in [0.1, 0.15) is 69.2 Å². The molecule has 114 valence electrons. The summed E-state index contributed by atoms with van der Waals surface area (Å²) in [6.07, 6.45) is 5.35. The lowest BCUT2D eigenvalue weighted by atomic mass is 9.85. The molecule has 2 aliphatic rings. The summed E-state index contributed by atoms with van der Waals surface area (Å²) < 4.78 is 0. The number of hydrogen-bond donors (Lipinski definition) is 0. The monoisotopic (exact) mass is 275 g/mol. The van der Waals surface area contributed by atoms with Crippen molar-refractivity contribution in [2.45, 2.75) is 72.8 Å². The SMILES string of the molecule is CC.CC.Cc1ccc(C)c2c1CCC21CCCN1C. The van der Waals surface area contributed by atoms with Gasteiger partial charge in [0.05, 0.1) is 0 Å². The Morgan fingerprint density at radius 3 is 2.10 bits per heavy atom. The topological polar surface area (TPSA) is 3.24 Å². The minimum absolute atomic E-state index is 0.394. The zero-order valence-corrected chi connectivity index (χ0v) is 14.6. The number of nitrogens with zero attached hydrogens (tertiary/aromatic N) is 1. The van der Waals surface area contributed by atoms with Gasteiger partial charge in [-0.3, -0.25) is 4.90 Å². The van der Waals surface area contributed by atoms with E-state index in [0.29, 0.717) is 5.54 Å². The quantitative estimate of drug-likeness (QED) is 0.627. The number of hydrogen-bond acceptors (Lipinski definition) is 1. The fourth-order valence-corrected chi connectivity index (χ4v) is 3.94. The number of fused-ring (bicyclic) bond motifs is 2. The Balaban J connectivity index is 0.000000461. The Morgan fingerprint density at radius 2 is 1.55 bits per heavy atom. The number of benzene rings is 1. The molecule has 1 fully saturated rings. The van der Waals surface area contributed by atoms with E-state index < -0.39 is 0 Å². The van der Waals surface area contributed by atoms with Crippen molar-refractivity contribution in [2.24, 2.45) is 0 Å². The molecule has 0 aromatic heterocycles. The summed E-state index contributed by atoms with van der Waals surface area (Å²) in [6, 6.07) is 4.61. The lowest BCUT2D eigenvalue weighted by molar-refractivity contribution is 0.174. The molecule has 0 N–H and O–H groups in total. The summed E-state index contributed by atoms with van der Waals surface area (Å²) in [4.78, 5) is 2.60. The average molecular weight is 275 g/mol. The molecule has 1 aromatic carbocycles. The first kappa shape index (κ1) is 17.2. The molecule has 1 saturated heterocycles. The summed E-state index contributed by atoms with van der Waals surface area (Å²) in [7, 11) is 2.31. The zero-order valence-electron chi connectivity index (χ0n) is 14.6. The average Bonchev–Trinajstić information content (AvgIpc) is 3.06. The summed E-state index contributed by atoms with van der Waals surface area (Å²) in [5.74, 6) is 0. The molecular formula is C19H33N. The fraction of sp³-hybridized carbons (Fsp3) is 0.684. The van der Waals surface area contributed by atoms with Gasteiger partial charge in [0.25, 0.3) is 0 Å². The van der Waals surface area contributed by atoms with Crippen molar-refractivity contribution in [2.75, 3.05) is 13.6 Å². The van der Waals surface area contributed by atoms with Gasteiger partial charge >= 0.3 is 0 Å². The van der Waals surface area contributed by atoms with Crippen molar-refractivity contribution >= 4 is 0 Å². The molecule has 0 radical (unpaired) electrons. The smallest absolute Gasteiger partial charge is 0.0466 e. The Morgan fingerprint density at radius 1 is 0.950 bits per heavy atom. The van der Waals surface area contributed by atoms with E-state index in [4.69, 9.17) is 0 Å². The van der Waals surface area contributed by atoms with Gasteiger partial charge in [0.1, 0.15) is 0 Å². The Labute approximate surface area is 126 Å². The highest BCUT2D eigenvalue weighted by Gasteiger charge is 2.45. The third kappa shape index (κ3) is 2.65. The van der Waals surface area contributed by atoms with E-state index in [2.05, 4.69) is 37.9 Å². The molecule has 1 spiro atoms. The van der Waals surface area contributed by atoms with E-state index in [0.717, 1.165) is 0 Å². The molecule has 0 saturated carbocycles. The van der Waals surface area contributed by atoms with Gasteiger partial charge in [0.15, 0.2) is 0 Å². The van der Waals surface area contributed by atoms with Crippen molar-refractivity contribution in [3.05, 3.63) is 34.4 Å². The molecule has 0 bridgehead atoms. The van der Waals surface area contributed by atoms with Crippen LogP contribution in [0, 0.1) is 13.8 Å². The minimum Gasteiger partial charge on any atom is -0.297 e. The van der Waals surface area contributed by atoms with Crippen LogP contribution >= 0.6 is 0 Å². The molecule has 1 aliphatic heterocycles. The third-order valence-corrected chi connectivity index (χ3v) is 4.82. The second-order valence-electron chi connectivity index (χ2n) is 5.61. The van der Waals surface area contributed by atoms with E-state index in [1.54, 1.807) is 11.1 Å². The highest BCUT2D eigenvalue weighted by molar-refractivity contribution is 5.48. The number of likely N-dealkylation sites (tertiary alicyclic amines) is 1. The lowest BCUT2D eigenvalue weighted by Crippen LogP contribution is -2.36. The van der Waals surface area contributed by atoms with Crippen LogP contribution in [0.4, 0.5) is 0 Å². The van der Waals surface area contributed by atoms with Crippen molar-refractivity contribution < 1.29 is 0 Å². The molecule has 1 atom stereocenters. The normalized spacial score (nSPS) is 23.8. The fourth-order valence-electron chi connectivity index (χ4n) is 3.94. The van der Waals surface area contributed by atoms with Crippen LogP contribution in [-0.4, -0.2) is 18.5 Å². The number of aryl methyl sites for hydroxylation is 2. The van der Waals surface area contributed by atoms with Gasteiger partial charge in [0.2, 0.25) is 0 Å². The van der Waals surface area contributed by atoms with Crippen LogP contribution in [0.5, 0.6) is 0 Å². The zero-order chi connectivity index (χ0) is 15.3. The second kappa shape index (κ2) is 7.26. The van der Waals surface area contributed by atoms with Gasteiger partial charge in [-0.25, -0.2) is 0 Å². The van der Waals surface area contributed by atoms with Gasteiger partial charge in [-0.1, -0.05) is 39.8 Å². The summed E-state index contributed by atoms with van der Waals surface area (Å²) in [5.41, 5.74) is 6.72. The molecule has 20 heavy (non-hydrogen) atoms. The first-order valence-corrected chi connectivity index (χ1v) is 8.46. The van der Waals surface area contributed by atoms with Gasteiger partial charge < -0.3 is 0 Å². The predicted molar refractivity (Wildman–Crippen MR) is 90.5 cm³/mol. The molecule has 1 heterocycles. The highest BCUT2D eigenvalue weighted by Crippen LogP contribution is 2.49. The van der Waals surface area contributed by atoms with E-state index in [9.17, 15) is 0 Å². The Hall–Kier alpha value is -0.820. The maximum atomic E-state index is 2.60. The summed E-state index contributed by atoms with van der Waals surface area (Å²) >= 11 is 0. The van der Waals surface area contributed by atoms with Crippen LogP contribution in [-0.2, 0) is 12.0 Å². The van der Waals surface area contributed by atoms with Gasteiger partial charge in [-0.15, -0.1) is 0 Å². The first-order chi connectivity index (χ1) is 9.65. The van der Waals surface area contributed by atoms with Crippen LogP contribution in [0.25, 0.3) is 0 Å². The van der Waals surface area contributed by atoms with Crippen LogP contribution in [0.15, 0.2) is 12.1 Å². The molecule has 3 rings (SSSR count). The molecule has 1 unspecified atom stereocenters. The van der Waals surface area contributed by atoms with Crippen LogP contribution < -0.4 is 0 Å². The first-order valence-electron chi connectivity index (χ1n) is 8.46. The van der Waals surface area contributed by atoms with E-state index in [1.807, 2.05) is 27.7 Å². The summed E-state index contributed by atoms with van der Waals surface area (Å²) in [6.45, 7) is 13.8. The molecular weight excluding hydrogens is 242 g/mol. The standard InChI is InChI=1S/C15H21N.2C2H6/c1-11-5-6-12(2)14-13(11)7-9-15(14)8-4-10-16(15)3;2*1-2/h5-6H,4,7-10H2,1-3H3;2*1-2H3. The van der Waals surface area contributed by atoms with Gasteiger partial charge in [0, 0.05) is 5.54 Å². The van der Waals surface area contributed by atoms with Crippen LogP contribution in [0.3, 0.4) is 0 Å². The second-order valence-corrected chi connectivity index (χ2v) is 5.61. The van der Waals surface area contributed by atoms with Gasteiger partial charge in [-0.2, -0.15) is 0 Å². The maximum Gasteiger partial charge on any atom is 0.0466 e. The lowest BCUT2D eigenvalue weighted by Gasteiger charge is -2.34. The van der Waals surface area contributed by atoms with Crippen LogP contribution in [0.2, 0.25) is 0 Å². The highest BCUT2D eigenvalue weighted by atomic mass is 15.2. The van der Waals surface area contributed by atoms with E-state index in [-0.39, 0.29) is 0 Å². The Kier molecular flexibility index (Phi) is 6.26. The largest absolute Gasteiger partial charge is 0.297 e. The summed E-state index contributed by atoms with van der Waals surface area (Å²) in [5, 5.41) is 0. The van der Waals surface area contributed by atoms with Crippen molar-refractivity contribution in [1.29, 1.82) is 0 Å². The molecule has 1 aromatic rings. The van der Waals surface area contributed by atoms with Crippen molar-refractivity contribution in [3.63, 3.8) is 0 Å². The van der Waals surface area contributed by atoms with Gasteiger partial charge in [-0.05, 0) is 75.4 Å². The number of rotatable bonds is 0. The van der Waals surface area contributed by atoms with E-state index >= 15 is 0 Å². The molecule has 1 aliphatic carbocycles. The minimum atomic E-state index is 0.394. The van der Waals surface area contributed by atoms with E-state index in [1.165, 1.54) is 43.4 Å². The van der Waals surface area contributed by atoms with Crippen molar-refractivity contribution in [1.82, 2.24) is 4.90 Å². The third-order valence-electron chi connectivity index (χ3n) is 4.82. The molecule has 1 heteroatoms. The van der Waals surface area contributed by atoms with Crippen molar-refractivity contribution in [3.8, 4) is 0 Å². The predicted octanol–water partition coefficient (Wildman–Crippen LogP) is 5.22. The Bertz CT molecular complexity index is 436.